The zero-order valence-corrected chi connectivity index (χ0v) is 12.0. The first-order valence-electron chi connectivity index (χ1n) is 6.62. The highest BCUT2D eigenvalue weighted by Crippen LogP contribution is 2.31. The number of carbonyl (C=O) groups excluding carboxylic acids is 2. The van der Waals surface area contributed by atoms with Gasteiger partial charge >= 0.3 is 0 Å². The lowest BCUT2D eigenvalue weighted by Crippen LogP contribution is -2.48. The number of anilines is 1. The molecule has 1 fully saturated rings. The zero-order valence-electron chi connectivity index (χ0n) is 11.2. The molecule has 0 spiro atoms. The average molecular weight is 293 g/mol. The third-order valence-electron chi connectivity index (χ3n) is 3.45. The number of hydrogen-bond acceptors (Lipinski definition) is 4. The number of hydrogen-bond donors (Lipinski definition) is 3. The van der Waals surface area contributed by atoms with Gasteiger partial charge in [0.05, 0.1) is 17.0 Å². The molecule has 1 aliphatic rings. The second-order valence-corrected chi connectivity index (χ2v) is 6.09. The molecule has 0 atom stereocenters. The van der Waals surface area contributed by atoms with Crippen LogP contribution in [-0.2, 0) is 9.59 Å². The first kappa shape index (κ1) is 14.9. The molecular weight excluding hydrogens is 274 g/mol. The molecule has 0 bridgehead atoms. The Hall–Kier alpha value is -1.53. The Morgan fingerprint density at radius 1 is 1.25 bits per heavy atom. The molecule has 20 heavy (non-hydrogen) atoms. The number of nitrogens with one attached hydrogen (secondary N) is 1. The Bertz CT molecular complexity index is 513. The lowest BCUT2D eigenvalue weighted by molar-refractivity contribution is -0.121. The number of rotatable bonds is 5. The molecule has 6 heteroatoms. The van der Waals surface area contributed by atoms with Crippen LogP contribution in [0.2, 0.25) is 0 Å². The van der Waals surface area contributed by atoms with E-state index in [1.54, 1.807) is 6.07 Å². The van der Waals surface area contributed by atoms with Crippen molar-refractivity contribution in [3.05, 3.63) is 24.3 Å². The highest BCUT2D eigenvalue weighted by atomic mass is 32.2. The maximum atomic E-state index is 12.3. The van der Waals surface area contributed by atoms with E-state index in [4.69, 9.17) is 11.5 Å². The number of nitrogens with two attached hydrogens (primary N) is 2. The molecule has 5 N–H and O–H groups in total. The highest BCUT2D eigenvalue weighted by molar-refractivity contribution is 8.00. The maximum absolute atomic E-state index is 12.3. The van der Waals surface area contributed by atoms with E-state index in [2.05, 4.69) is 5.32 Å². The van der Waals surface area contributed by atoms with Gasteiger partial charge < -0.3 is 16.8 Å². The van der Waals surface area contributed by atoms with E-state index >= 15 is 0 Å². The van der Waals surface area contributed by atoms with Crippen LogP contribution < -0.4 is 16.8 Å². The molecular formula is C14H19N3O2S. The molecule has 1 aromatic rings. The normalized spacial score (nSPS) is 16.9. The van der Waals surface area contributed by atoms with Crippen molar-refractivity contribution in [1.82, 2.24) is 0 Å². The second-order valence-electron chi connectivity index (χ2n) is 5.07. The van der Waals surface area contributed by atoms with Crippen LogP contribution in [0.4, 0.5) is 5.69 Å². The molecule has 2 amide bonds. The van der Waals surface area contributed by atoms with Gasteiger partial charge in [0, 0.05) is 4.90 Å². The Balaban J connectivity index is 2.08. The van der Waals surface area contributed by atoms with Gasteiger partial charge in [-0.05, 0) is 25.0 Å². The van der Waals surface area contributed by atoms with Crippen LogP contribution in [0, 0.1) is 0 Å². The van der Waals surface area contributed by atoms with Crippen molar-refractivity contribution in [1.29, 1.82) is 0 Å². The van der Waals surface area contributed by atoms with Gasteiger partial charge in [-0.2, -0.15) is 0 Å². The van der Waals surface area contributed by atoms with Gasteiger partial charge in [-0.1, -0.05) is 25.0 Å². The first-order chi connectivity index (χ1) is 9.51. The van der Waals surface area contributed by atoms with Crippen LogP contribution in [-0.4, -0.2) is 23.1 Å². The fourth-order valence-electron chi connectivity index (χ4n) is 2.32. The summed E-state index contributed by atoms with van der Waals surface area (Å²) in [6.45, 7) is 0. The smallest absolute Gasteiger partial charge is 0.244 e. The zero-order chi connectivity index (χ0) is 14.6. The Kier molecular flexibility index (Phi) is 4.67. The van der Waals surface area contributed by atoms with E-state index in [1.165, 1.54) is 11.8 Å². The lowest BCUT2D eigenvalue weighted by Gasteiger charge is -2.23. The Labute approximate surface area is 122 Å². The van der Waals surface area contributed by atoms with Crippen molar-refractivity contribution in [2.24, 2.45) is 11.5 Å². The Morgan fingerprint density at radius 3 is 2.55 bits per heavy atom. The molecule has 0 aliphatic heterocycles. The van der Waals surface area contributed by atoms with Gasteiger partial charge in [-0.25, -0.2) is 0 Å². The van der Waals surface area contributed by atoms with E-state index in [0.717, 1.165) is 30.6 Å². The van der Waals surface area contributed by atoms with Gasteiger partial charge in [0.25, 0.3) is 0 Å². The standard InChI is InChI=1S/C14H19N3O2S/c15-12(18)9-20-11-6-2-1-5-10(11)17-13(19)14(16)7-3-4-8-14/h1-2,5-6H,3-4,7-9,16H2,(H2,15,18)(H,17,19). The molecule has 5 nitrogen and oxygen atoms in total. The molecule has 0 aromatic heterocycles. The van der Waals surface area contributed by atoms with E-state index in [1.807, 2.05) is 18.2 Å². The number of thioether (sulfide) groups is 1. The van der Waals surface area contributed by atoms with Gasteiger partial charge in [0.2, 0.25) is 11.8 Å². The summed E-state index contributed by atoms with van der Waals surface area (Å²) in [5.41, 5.74) is 11.2. The summed E-state index contributed by atoms with van der Waals surface area (Å²) in [5, 5.41) is 2.88. The summed E-state index contributed by atoms with van der Waals surface area (Å²) >= 11 is 1.31. The SMILES string of the molecule is NC(=O)CSc1ccccc1NC(=O)C1(N)CCCC1. The highest BCUT2D eigenvalue weighted by Gasteiger charge is 2.37. The monoisotopic (exact) mass is 293 g/mol. The molecule has 2 rings (SSSR count). The lowest BCUT2D eigenvalue weighted by atomic mass is 9.98. The molecule has 0 saturated heterocycles. The predicted molar refractivity (Wildman–Crippen MR) is 80.4 cm³/mol. The molecule has 0 radical (unpaired) electrons. The van der Waals surface area contributed by atoms with Crippen LogP contribution in [0.15, 0.2) is 29.2 Å². The molecule has 108 valence electrons. The third kappa shape index (κ3) is 3.52. The minimum absolute atomic E-state index is 0.151. The second kappa shape index (κ2) is 6.28. The van der Waals surface area contributed by atoms with Crippen molar-refractivity contribution in [2.45, 2.75) is 36.1 Å². The van der Waals surface area contributed by atoms with E-state index in [0.29, 0.717) is 5.69 Å². The quantitative estimate of drug-likeness (QED) is 0.716. The van der Waals surface area contributed by atoms with Crippen LogP contribution in [0.25, 0.3) is 0 Å². The molecule has 1 saturated carbocycles. The van der Waals surface area contributed by atoms with Crippen molar-refractivity contribution < 1.29 is 9.59 Å². The maximum Gasteiger partial charge on any atom is 0.244 e. The van der Waals surface area contributed by atoms with Crippen LogP contribution in [0.1, 0.15) is 25.7 Å². The minimum Gasteiger partial charge on any atom is -0.369 e. The number of para-hydroxylation sites is 1. The van der Waals surface area contributed by atoms with E-state index < -0.39 is 5.54 Å². The number of amides is 2. The van der Waals surface area contributed by atoms with Crippen LogP contribution in [0.5, 0.6) is 0 Å². The van der Waals surface area contributed by atoms with Gasteiger partial charge in [0.1, 0.15) is 0 Å². The van der Waals surface area contributed by atoms with E-state index in [-0.39, 0.29) is 17.6 Å². The van der Waals surface area contributed by atoms with Gasteiger partial charge in [0.15, 0.2) is 0 Å². The summed E-state index contributed by atoms with van der Waals surface area (Å²) in [4.78, 5) is 24.0. The molecule has 0 heterocycles. The van der Waals surface area contributed by atoms with Crippen molar-refractivity contribution >= 4 is 29.3 Å². The summed E-state index contributed by atoms with van der Waals surface area (Å²) in [6.07, 6.45) is 3.41. The topological polar surface area (TPSA) is 98.2 Å². The molecule has 1 aromatic carbocycles. The van der Waals surface area contributed by atoms with Crippen molar-refractivity contribution in [3.8, 4) is 0 Å². The predicted octanol–water partition coefficient (Wildman–Crippen LogP) is 1.47. The number of benzene rings is 1. The average Bonchev–Trinajstić information content (AvgIpc) is 2.86. The van der Waals surface area contributed by atoms with Crippen molar-refractivity contribution in [2.75, 3.05) is 11.1 Å². The van der Waals surface area contributed by atoms with Gasteiger partial charge in [-0.15, -0.1) is 11.8 Å². The Morgan fingerprint density at radius 2 is 1.90 bits per heavy atom. The molecule has 0 unspecified atom stereocenters. The first-order valence-corrected chi connectivity index (χ1v) is 7.60. The summed E-state index contributed by atoms with van der Waals surface area (Å²) < 4.78 is 0. The third-order valence-corrected chi connectivity index (χ3v) is 4.55. The number of carbonyl (C=O) groups is 2. The van der Waals surface area contributed by atoms with Crippen LogP contribution >= 0.6 is 11.8 Å². The van der Waals surface area contributed by atoms with Crippen molar-refractivity contribution in [3.63, 3.8) is 0 Å². The summed E-state index contributed by atoms with van der Waals surface area (Å²) in [6, 6.07) is 7.34. The minimum atomic E-state index is -0.762. The summed E-state index contributed by atoms with van der Waals surface area (Å²) in [5.74, 6) is -0.356. The van der Waals surface area contributed by atoms with E-state index in [9.17, 15) is 9.59 Å². The molecule has 1 aliphatic carbocycles. The van der Waals surface area contributed by atoms with Crippen LogP contribution in [0.3, 0.4) is 0 Å². The fraction of sp³-hybridized carbons (Fsp3) is 0.429. The largest absolute Gasteiger partial charge is 0.369 e. The van der Waals surface area contributed by atoms with Gasteiger partial charge in [-0.3, -0.25) is 9.59 Å². The summed E-state index contributed by atoms with van der Waals surface area (Å²) in [7, 11) is 0. The number of primary amides is 1. The fourth-order valence-corrected chi connectivity index (χ4v) is 3.07.